The van der Waals surface area contributed by atoms with E-state index in [0.29, 0.717) is 5.56 Å². The first-order valence-electron chi connectivity index (χ1n) is 8.32. The number of tetrazole rings is 1. The van der Waals surface area contributed by atoms with E-state index >= 15 is 0 Å². The average molecular weight is 389 g/mol. The largest absolute Gasteiger partial charge is 0.437 e. The van der Waals surface area contributed by atoms with Crippen LogP contribution < -0.4 is 5.32 Å². The van der Waals surface area contributed by atoms with Gasteiger partial charge in [0.05, 0.1) is 6.04 Å². The van der Waals surface area contributed by atoms with Crippen LogP contribution in [-0.2, 0) is 0 Å². The zero-order valence-corrected chi connectivity index (χ0v) is 14.2. The highest BCUT2D eigenvalue weighted by molar-refractivity contribution is 5.99. The second kappa shape index (κ2) is 6.41. The second-order valence-corrected chi connectivity index (χ2v) is 6.40. The van der Waals surface area contributed by atoms with Gasteiger partial charge in [0, 0.05) is 5.56 Å². The number of halogens is 3. The molecule has 3 aromatic rings. The first-order valence-corrected chi connectivity index (χ1v) is 8.32. The Morgan fingerprint density at radius 2 is 1.68 bits per heavy atom. The number of rotatable bonds is 3. The standard InChI is InChI=1S/C18H14F3N5O2/c19-18(20,21)17(28)13(15(27)12-9-5-2-6-10-12)14(11-7-3-1-4-8-11)26-16(22-17)23-24-25-26/h1-10,13-14,28H,(H,22,23,25)/t13-,14+,17-/m0/s1. The Kier molecular flexibility index (Phi) is 4.15. The summed E-state index contributed by atoms with van der Waals surface area (Å²) in [6.07, 6.45) is -5.17. The third-order valence-electron chi connectivity index (χ3n) is 4.74. The number of fused-ring (bicyclic) bond motifs is 1. The maximum atomic E-state index is 14.0. The highest BCUT2D eigenvalue weighted by Gasteiger charge is 2.66. The summed E-state index contributed by atoms with van der Waals surface area (Å²) in [6.45, 7) is 0. The molecule has 144 valence electrons. The van der Waals surface area contributed by atoms with Crippen molar-refractivity contribution < 1.29 is 23.1 Å². The fourth-order valence-electron chi connectivity index (χ4n) is 3.43. The summed E-state index contributed by atoms with van der Waals surface area (Å²) in [5.74, 6) is -3.23. The fourth-order valence-corrected chi connectivity index (χ4v) is 3.43. The van der Waals surface area contributed by atoms with Crippen molar-refractivity contribution in [3.63, 3.8) is 0 Å². The number of hydrogen-bond donors (Lipinski definition) is 2. The van der Waals surface area contributed by atoms with Gasteiger partial charge in [0.15, 0.2) is 5.78 Å². The molecule has 0 fully saturated rings. The molecule has 0 unspecified atom stereocenters. The van der Waals surface area contributed by atoms with Gasteiger partial charge < -0.3 is 10.4 Å². The van der Waals surface area contributed by atoms with E-state index in [4.69, 9.17) is 0 Å². The Hall–Kier alpha value is -3.27. The van der Waals surface area contributed by atoms with E-state index < -0.39 is 29.6 Å². The number of anilines is 1. The molecule has 0 aliphatic carbocycles. The first kappa shape index (κ1) is 18.1. The third kappa shape index (κ3) is 2.73. The Morgan fingerprint density at radius 3 is 2.29 bits per heavy atom. The van der Waals surface area contributed by atoms with Crippen molar-refractivity contribution in [3.8, 4) is 0 Å². The number of benzene rings is 2. The summed E-state index contributed by atoms with van der Waals surface area (Å²) < 4.78 is 43.1. The molecule has 0 amide bonds. The Balaban J connectivity index is 1.96. The van der Waals surface area contributed by atoms with E-state index in [1.165, 1.54) is 24.3 Å². The number of alkyl halides is 3. The SMILES string of the molecule is O=C(c1ccccc1)[C@@H]1[C@@H](c2ccccc2)n2nnnc2N[C@@]1(O)C(F)(F)F. The third-order valence-corrected chi connectivity index (χ3v) is 4.74. The topological polar surface area (TPSA) is 92.9 Å². The summed E-state index contributed by atoms with van der Waals surface area (Å²) in [5.41, 5.74) is -3.17. The minimum atomic E-state index is -5.17. The van der Waals surface area contributed by atoms with Crippen LogP contribution in [0.1, 0.15) is 22.0 Å². The minimum Gasteiger partial charge on any atom is -0.363 e. The smallest absolute Gasteiger partial charge is 0.363 e. The van der Waals surface area contributed by atoms with Crippen molar-refractivity contribution >= 4 is 11.7 Å². The van der Waals surface area contributed by atoms with E-state index in [-0.39, 0.29) is 11.5 Å². The molecule has 0 spiro atoms. The predicted octanol–water partition coefficient (Wildman–Crippen LogP) is 2.44. The monoisotopic (exact) mass is 389 g/mol. The van der Waals surface area contributed by atoms with Crippen LogP contribution in [0.4, 0.5) is 19.1 Å². The van der Waals surface area contributed by atoms with Gasteiger partial charge in [0.25, 0.3) is 0 Å². The number of ketones is 1. The Bertz CT molecular complexity index is 993. The van der Waals surface area contributed by atoms with Crippen LogP contribution in [0.3, 0.4) is 0 Å². The van der Waals surface area contributed by atoms with E-state index in [1.807, 2.05) is 5.32 Å². The lowest BCUT2D eigenvalue weighted by Gasteiger charge is -2.44. The summed E-state index contributed by atoms with van der Waals surface area (Å²) in [5, 5.41) is 23.3. The summed E-state index contributed by atoms with van der Waals surface area (Å²) in [7, 11) is 0. The molecule has 0 saturated heterocycles. The fraction of sp³-hybridized carbons (Fsp3) is 0.222. The molecule has 1 aliphatic heterocycles. The second-order valence-electron chi connectivity index (χ2n) is 6.40. The van der Waals surface area contributed by atoms with Crippen molar-refractivity contribution in [2.75, 3.05) is 5.32 Å². The summed E-state index contributed by atoms with van der Waals surface area (Å²) in [6, 6.07) is 14.3. The maximum absolute atomic E-state index is 14.0. The van der Waals surface area contributed by atoms with Crippen molar-refractivity contribution in [1.82, 2.24) is 20.2 Å². The lowest BCUT2D eigenvalue weighted by molar-refractivity contribution is -0.266. The molecule has 2 heterocycles. The van der Waals surface area contributed by atoms with Crippen LogP contribution in [0.15, 0.2) is 60.7 Å². The van der Waals surface area contributed by atoms with Crippen molar-refractivity contribution in [1.29, 1.82) is 0 Å². The molecule has 1 aliphatic rings. The molecular weight excluding hydrogens is 375 g/mol. The number of carbonyl (C=O) groups excluding carboxylic acids is 1. The number of Topliss-reactive ketones (excluding diaryl/α,β-unsaturated/α-hetero) is 1. The molecule has 10 heteroatoms. The molecule has 28 heavy (non-hydrogen) atoms. The van der Waals surface area contributed by atoms with E-state index in [9.17, 15) is 23.1 Å². The van der Waals surface area contributed by atoms with Crippen LogP contribution in [0, 0.1) is 5.92 Å². The van der Waals surface area contributed by atoms with Crippen LogP contribution in [0.25, 0.3) is 0 Å². The van der Waals surface area contributed by atoms with Gasteiger partial charge in [-0.1, -0.05) is 65.8 Å². The van der Waals surface area contributed by atoms with E-state index in [1.54, 1.807) is 36.4 Å². The molecule has 0 bridgehead atoms. The van der Waals surface area contributed by atoms with Gasteiger partial charge in [-0.2, -0.15) is 13.2 Å². The quantitative estimate of drug-likeness (QED) is 0.669. The number of nitrogens with zero attached hydrogens (tertiary/aromatic N) is 4. The van der Waals surface area contributed by atoms with Crippen LogP contribution >= 0.6 is 0 Å². The van der Waals surface area contributed by atoms with Gasteiger partial charge in [-0.25, -0.2) is 4.68 Å². The minimum absolute atomic E-state index is 0.0365. The number of nitrogens with one attached hydrogen (secondary N) is 1. The van der Waals surface area contributed by atoms with Gasteiger partial charge in [0.1, 0.15) is 5.92 Å². The average Bonchev–Trinajstić information content (AvgIpc) is 3.14. The lowest BCUT2D eigenvalue weighted by atomic mass is 9.77. The normalized spacial score (nSPS) is 24.3. The highest BCUT2D eigenvalue weighted by atomic mass is 19.4. The number of aliphatic hydroxyl groups is 1. The van der Waals surface area contributed by atoms with E-state index in [0.717, 1.165) is 4.68 Å². The molecule has 0 saturated carbocycles. The van der Waals surface area contributed by atoms with Crippen molar-refractivity contribution in [3.05, 3.63) is 71.8 Å². The van der Waals surface area contributed by atoms with Gasteiger partial charge in [-0.15, -0.1) is 0 Å². The highest BCUT2D eigenvalue weighted by Crippen LogP contribution is 2.48. The maximum Gasteiger partial charge on any atom is 0.437 e. The number of hydrogen-bond acceptors (Lipinski definition) is 6. The van der Waals surface area contributed by atoms with Crippen LogP contribution in [0.5, 0.6) is 0 Å². The van der Waals surface area contributed by atoms with Gasteiger partial charge >= 0.3 is 6.18 Å². The summed E-state index contributed by atoms with van der Waals surface area (Å²) in [4.78, 5) is 13.2. The molecule has 3 atom stereocenters. The van der Waals surface area contributed by atoms with Crippen LogP contribution in [-0.4, -0.2) is 43.0 Å². The molecule has 4 rings (SSSR count). The van der Waals surface area contributed by atoms with Gasteiger partial charge in [-0.05, 0) is 16.0 Å². The molecule has 0 radical (unpaired) electrons. The van der Waals surface area contributed by atoms with E-state index in [2.05, 4.69) is 15.5 Å². The number of carbonyl (C=O) groups is 1. The molecular formula is C18H14F3N5O2. The number of aromatic nitrogens is 4. The molecule has 1 aromatic heterocycles. The predicted molar refractivity (Wildman–Crippen MR) is 91.3 cm³/mol. The van der Waals surface area contributed by atoms with Crippen molar-refractivity contribution in [2.45, 2.75) is 17.9 Å². The van der Waals surface area contributed by atoms with Crippen molar-refractivity contribution in [2.24, 2.45) is 5.92 Å². The lowest BCUT2D eigenvalue weighted by Crippen LogP contribution is -2.64. The molecule has 2 N–H and O–H groups in total. The molecule has 2 aromatic carbocycles. The summed E-state index contributed by atoms with van der Waals surface area (Å²) >= 11 is 0. The zero-order chi connectivity index (χ0) is 19.9. The Labute approximate surface area is 156 Å². The molecule has 7 nitrogen and oxygen atoms in total. The first-order chi connectivity index (χ1) is 13.3. The van der Waals surface area contributed by atoms with Gasteiger partial charge in [0.2, 0.25) is 11.7 Å². The van der Waals surface area contributed by atoms with Crippen LogP contribution in [0.2, 0.25) is 0 Å². The Morgan fingerprint density at radius 1 is 1.07 bits per heavy atom. The van der Waals surface area contributed by atoms with Gasteiger partial charge in [-0.3, -0.25) is 4.79 Å². The zero-order valence-electron chi connectivity index (χ0n) is 14.2.